The van der Waals surface area contributed by atoms with Crippen molar-refractivity contribution in [2.45, 2.75) is 39.1 Å². The van der Waals surface area contributed by atoms with Crippen LogP contribution in [0.5, 0.6) is 0 Å². The number of alkyl halides is 3. The minimum absolute atomic E-state index is 0.0279. The molecule has 1 amide bonds. The zero-order valence-electron chi connectivity index (χ0n) is 17.0. The van der Waals surface area contributed by atoms with Crippen molar-refractivity contribution >= 4 is 33.7 Å². The molecule has 1 atom stereocenters. The van der Waals surface area contributed by atoms with Crippen LogP contribution in [0.2, 0.25) is 0 Å². The normalized spacial score (nSPS) is 18.5. The molecule has 1 aliphatic heterocycles. The summed E-state index contributed by atoms with van der Waals surface area (Å²) in [5.41, 5.74) is 5.14. The number of carbonyl (C=O) groups excluding carboxylic acids is 1. The van der Waals surface area contributed by atoms with E-state index < -0.39 is 22.6 Å². The molecule has 1 saturated heterocycles. The number of anilines is 2. The minimum atomic E-state index is -4.68. The number of benzene rings is 1. The molecule has 2 heterocycles. The van der Waals surface area contributed by atoms with Gasteiger partial charge in [0.05, 0.1) is 0 Å². The number of nitrogens with one attached hydrogen (secondary N) is 1. The molecule has 3 rings (SSSR count). The van der Waals surface area contributed by atoms with Crippen molar-refractivity contribution in [3.8, 4) is 0 Å². The van der Waals surface area contributed by atoms with Crippen LogP contribution < -0.4 is 11.1 Å². The number of nitrogen functional groups attached to an aromatic ring is 1. The lowest BCUT2D eigenvalue weighted by Crippen LogP contribution is -2.52. The van der Waals surface area contributed by atoms with Gasteiger partial charge in [-0.1, -0.05) is 44.2 Å². The zero-order chi connectivity index (χ0) is 22.8. The Bertz CT molecular complexity index is 940. The Morgan fingerprint density at radius 3 is 2.65 bits per heavy atom. The molecule has 0 bridgehead atoms. The van der Waals surface area contributed by atoms with Crippen molar-refractivity contribution in [2.75, 3.05) is 24.1 Å². The van der Waals surface area contributed by atoms with Gasteiger partial charge in [0, 0.05) is 19.1 Å². The number of halogens is 4. The van der Waals surface area contributed by atoms with Crippen molar-refractivity contribution in [2.24, 2.45) is 5.41 Å². The molecule has 1 aromatic carbocycles. The van der Waals surface area contributed by atoms with Gasteiger partial charge in [-0.3, -0.25) is 0 Å². The first-order valence-corrected chi connectivity index (χ1v) is 10.4. The molecule has 11 heteroatoms. The fourth-order valence-electron chi connectivity index (χ4n) is 3.60. The summed E-state index contributed by atoms with van der Waals surface area (Å²) in [5, 5.41) is 3.04. The molecule has 0 aliphatic carbocycles. The molecule has 0 radical (unpaired) electrons. The minimum Gasteiger partial charge on any atom is -0.445 e. The maximum absolute atomic E-state index is 13.0. The average Bonchev–Trinajstić information content (AvgIpc) is 2.67. The Morgan fingerprint density at radius 2 is 2.00 bits per heavy atom. The van der Waals surface area contributed by atoms with Crippen LogP contribution >= 0.6 is 15.9 Å². The Hall–Kier alpha value is -2.56. The predicted octanol–water partition coefficient (Wildman–Crippen LogP) is 4.69. The van der Waals surface area contributed by atoms with Crippen molar-refractivity contribution < 1.29 is 22.7 Å². The summed E-state index contributed by atoms with van der Waals surface area (Å²) in [6, 6.07) is 9.03. The molecule has 168 valence electrons. The van der Waals surface area contributed by atoms with Gasteiger partial charge in [-0.15, -0.1) is 0 Å². The molecule has 2 aromatic rings. The first-order valence-electron chi connectivity index (χ1n) is 9.57. The second-order valence-electron chi connectivity index (χ2n) is 8.22. The van der Waals surface area contributed by atoms with Crippen LogP contribution in [0.15, 0.2) is 34.9 Å². The lowest BCUT2D eigenvalue weighted by molar-refractivity contribution is -0.142. The first-order chi connectivity index (χ1) is 14.4. The summed E-state index contributed by atoms with van der Waals surface area (Å²) in [7, 11) is 0. The lowest BCUT2D eigenvalue weighted by Gasteiger charge is -2.42. The standard InChI is InChI=1S/C20H23BrF3N5O2/c1-19(2)8-13(26-17-16(25)27-14(15(21)28-17)20(22,23)24)9-29(11-19)18(30)31-10-12-6-4-3-5-7-12/h3-7,13H,8-11H2,1-2H3,(H2,25,27)(H,26,28)/t13-/m0/s1. The number of hydrogen-bond donors (Lipinski definition) is 2. The second kappa shape index (κ2) is 8.89. The molecule has 0 unspecified atom stereocenters. The SMILES string of the molecule is CC1(C)C[C@H](Nc2nc(Br)c(C(F)(F)F)nc2N)CN(C(=O)OCc2ccccc2)C1. The fraction of sp³-hybridized carbons (Fsp3) is 0.450. The highest BCUT2D eigenvalue weighted by molar-refractivity contribution is 9.10. The van der Waals surface area contributed by atoms with E-state index in [4.69, 9.17) is 10.5 Å². The van der Waals surface area contributed by atoms with Gasteiger partial charge in [-0.25, -0.2) is 14.8 Å². The van der Waals surface area contributed by atoms with Gasteiger partial charge in [0.15, 0.2) is 17.3 Å². The smallest absolute Gasteiger partial charge is 0.436 e. The maximum atomic E-state index is 13.0. The van der Waals surface area contributed by atoms with E-state index in [1.807, 2.05) is 44.2 Å². The van der Waals surface area contributed by atoms with Gasteiger partial charge in [0.2, 0.25) is 0 Å². The van der Waals surface area contributed by atoms with Gasteiger partial charge in [0.25, 0.3) is 0 Å². The van der Waals surface area contributed by atoms with Crippen LogP contribution in [0.25, 0.3) is 0 Å². The molecule has 7 nitrogen and oxygen atoms in total. The number of amides is 1. The summed E-state index contributed by atoms with van der Waals surface area (Å²) in [5.74, 6) is -0.336. The molecule has 0 spiro atoms. The highest BCUT2D eigenvalue weighted by Gasteiger charge is 2.38. The molecule has 1 aromatic heterocycles. The summed E-state index contributed by atoms with van der Waals surface area (Å²) in [6.07, 6.45) is -4.49. The van der Waals surface area contributed by atoms with Crippen LogP contribution in [0, 0.1) is 5.41 Å². The van der Waals surface area contributed by atoms with E-state index in [1.165, 1.54) is 0 Å². The number of carbonyl (C=O) groups is 1. The fourth-order valence-corrected chi connectivity index (χ4v) is 4.09. The molecular weight excluding hydrogens is 479 g/mol. The monoisotopic (exact) mass is 501 g/mol. The van der Waals surface area contributed by atoms with E-state index >= 15 is 0 Å². The molecule has 1 aliphatic rings. The Labute approximate surface area is 186 Å². The van der Waals surface area contributed by atoms with Crippen LogP contribution in [-0.2, 0) is 17.5 Å². The summed E-state index contributed by atoms with van der Waals surface area (Å²) >= 11 is 2.81. The van der Waals surface area contributed by atoms with Crippen LogP contribution in [0.3, 0.4) is 0 Å². The van der Waals surface area contributed by atoms with Crippen LogP contribution in [0.4, 0.5) is 29.6 Å². The van der Waals surface area contributed by atoms with Crippen LogP contribution in [0.1, 0.15) is 31.5 Å². The Kier molecular flexibility index (Phi) is 6.63. The quantitative estimate of drug-likeness (QED) is 0.631. The van der Waals surface area contributed by atoms with E-state index in [0.29, 0.717) is 13.0 Å². The first kappa shape index (κ1) is 23.1. The van der Waals surface area contributed by atoms with Crippen molar-refractivity contribution in [3.63, 3.8) is 0 Å². The third kappa shape index (κ3) is 5.99. The van der Waals surface area contributed by atoms with Gasteiger partial charge in [-0.05, 0) is 33.3 Å². The van der Waals surface area contributed by atoms with E-state index in [2.05, 4.69) is 31.2 Å². The number of rotatable bonds is 4. The van der Waals surface area contributed by atoms with Crippen molar-refractivity contribution in [3.05, 3.63) is 46.2 Å². The van der Waals surface area contributed by atoms with E-state index in [1.54, 1.807) is 4.90 Å². The van der Waals surface area contributed by atoms with Crippen LogP contribution in [-0.4, -0.2) is 40.1 Å². The van der Waals surface area contributed by atoms with Gasteiger partial charge in [-0.2, -0.15) is 13.2 Å². The summed E-state index contributed by atoms with van der Waals surface area (Å²) in [4.78, 5) is 21.5. The molecule has 3 N–H and O–H groups in total. The average molecular weight is 502 g/mol. The maximum Gasteiger partial charge on any atom is 0.436 e. The summed E-state index contributed by atoms with van der Waals surface area (Å²) < 4.78 is 43.9. The summed E-state index contributed by atoms with van der Waals surface area (Å²) in [6.45, 7) is 4.92. The number of piperidine rings is 1. The molecule has 0 saturated carbocycles. The highest BCUT2D eigenvalue weighted by Crippen LogP contribution is 2.36. The largest absolute Gasteiger partial charge is 0.445 e. The lowest BCUT2D eigenvalue weighted by atomic mass is 9.82. The molecule has 1 fully saturated rings. The van der Waals surface area contributed by atoms with Crippen molar-refractivity contribution in [1.29, 1.82) is 0 Å². The number of hydrogen-bond acceptors (Lipinski definition) is 6. The third-order valence-corrected chi connectivity index (χ3v) is 5.36. The van der Waals surface area contributed by atoms with Gasteiger partial charge >= 0.3 is 12.3 Å². The number of nitrogens with two attached hydrogens (primary N) is 1. The van der Waals surface area contributed by atoms with Gasteiger partial charge < -0.3 is 20.7 Å². The molecular formula is C20H23BrF3N5O2. The third-order valence-electron chi connectivity index (χ3n) is 4.81. The Morgan fingerprint density at radius 1 is 1.32 bits per heavy atom. The van der Waals surface area contributed by atoms with E-state index in [9.17, 15) is 18.0 Å². The number of nitrogens with zero attached hydrogens (tertiary/aromatic N) is 3. The van der Waals surface area contributed by atoms with E-state index in [0.717, 1.165) is 5.56 Å². The van der Waals surface area contributed by atoms with Gasteiger partial charge in [0.1, 0.15) is 11.2 Å². The van der Waals surface area contributed by atoms with E-state index in [-0.39, 0.29) is 36.2 Å². The highest BCUT2D eigenvalue weighted by atomic mass is 79.9. The number of likely N-dealkylation sites (tertiary alicyclic amines) is 1. The topological polar surface area (TPSA) is 93.4 Å². The predicted molar refractivity (Wildman–Crippen MR) is 113 cm³/mol. The number of ether oxygens (including phenoxy) is 1. The number of aromatic nitrogens is 2. The Balaban J connectivity index is 1.70. The van der Waals surface area contributed by atoms with Crippen molar-refractivity contribution in [1.82, 2.24) is 14.9 Å². The molecule has 31 heavy (non-hydrogen) atoms. The second-order valence-corrected chi connectivity index (χ2v) is 8.98. The zero-order valence-corrected chi connectivity index (χ0v) is 18.6.